The molecule has 2 atom stereocenters. The van der Waals surface area contributed by atoms with Crippen LogP contribution >= 0.6 is 31.9 Å². The van der Waals surface area contributed by atoms with E-state index in [1.807, 2.05) is 0 Å². The molecule has 0 bridgehead atoms. The van der Waals surface area contributed by atoms with Crippen LogP contribution in [0.15, 0.2) is 0 Å². The van der Waals surface area contributed by atoms with E-state index in [-0.39, 0.29) is 0 Å². The Bertz CT molecular complexity index is 162. The summed E-state index contributed by atoms with van der Waals surface area (Å²) in [5.41, 5.74) is 0. The number of alkyl halides is 2. The van der Waals surface area contributed by atoms with Crippen molar-refractivity contribution in [3.05, 3.63) is 0 Å². The first-order valence-electron chi connectivity index (χ1n) is 9.00. The zero-order valence-corrected chi connectivity index (χ0v) is 17.0. The molecule has 0 N–H and O–H groups in total. The summed E-state index contributed by atoms with van der Waals surface area (Å²) in [7, 11) is 0. The average Bonchev–Trinajstić information content (AvgIpc) is 2.45. The lowest BCUT2D eigenvalue weighted by Crippen LogP contribution is -2.13. The van der Waals surface area contributed by atoms with E-state index in [0.29, 0.717) is 9.65 Å². The Morgan fingerprint density at radius 3 is 1.15 bits per heavy atom. The molecule has 0 fully saturated rings. The van der Waals surface area contributed by atoms with Crippen molar-refractivity contribution in [3.8, 4) is 0 Å². The van der Waals surface area contributed by atoms with E-state index in [9.17, 15) is 0 Å². The lowest BCUT2D eigenvalue weighted by Gasteiger charge is -2.16. The highest BCUT2D eigenvalue weighted by Crippen LogP contribution is 2.25. The van der Waals surface area contributed by atoms with Crippen LogP contribution in [0.1, 0.15) is 104 Å². The van der Waals surface area contributed by atoms with Gasteiger partial charge < -0.3 is 0 Å². The SMILES string of the molecule is CCCCCCCC[C@H](Br)[C@@H](Br)CCCCCCCC. The summed E-state index contributed by atoms with van der Waals surface area (Å²) < 4.78 is 0. The van der Waals surface area contributed by atoms with Gasteiger partial charge in [-0.3, -0.25) is 0 Å². The lowest BCUT2D eigenvalue weighted by atomic mass is 10.0. The summed E-state index contributed by atoms with van der Waals surface area (Å²) in [4.78, 5) is 1.34. The van der Waals surface area contributed by atoms with Crippen molar-refractivity contribution in [1.82, 2.24) is 0 Å². The van der Waals surface area contributed by atoms with Crippen molar-refractivity contribution < 1.29 is 0 Å². The third kappa shape index (κ3) is 13.9. The van der Waals surface area contributed by atoms with Crippen LogP contribution < -0.4 is 0 Å². The van der Waals surface area contributed by atoms with Gasteiger partial charge in [0.2, 0.25) is 0 Å². The predicted molar refractivity (Wildman–Crippen MR) is 101 cm³/mol. The van der Waals surface area contributed by atoms with Crippen LogP contribution in [0.2, 0.25) is 0 Å². The maximum atomic E-state index is 3.87. The molecule has 2 heteroatoms. The van der Waals surface area contributed by atoms with Crippen LogP contribution in [0.3, 0.4) is 0 Å². The number of hydrogen-bond donors (Lipinski definition) is 0. The Morgan fingerprint density at radius 2 is 0.800 bits per heavy atom. The van der Waals surface area contributed by atoms with E-state index in [0.717, 1.165) is 0 Å². The highest BCUT2D eigenvalue weighted by Gasteiger charge is 2.14. The third-order valence-electron chi connectivity index (χ3n) is 4.06. The summed E-state index contributed by atoms with van der Waals surface area (Å²) in [5, 5.41) is 0. The van der Waals surface area contributed by atoms with Gasteiger partial charge in [0.05, 0.1) is 0 Å². The van der Waals surface area contributed by atoms with Gasteiger partial charge in [0.25, 0.3) is 0 Å². The summed E-state index contributed by atoms with van der Waals surface area (Å²) in [5.74, 6) is 0. The Kier molecular flexibility index (Phi) is 17.1. The van der Waals surface area contributed by atoms with Gasteiger partial charge in [-0.2, -0.15) is 0 Å². The van der Waals surface area contributed by atoms with E-state index < -0.39 is 0 Å². The molecule has 0 radical (unpaired) electrons. The maximum Gasteiger partial charge on any atom is 0.0271 e. The summed E-state index contributed by atoms with van der Waals surface area (Å²) in [6.45, 7) is 4.57. The van der Waals surface area contributed by atoms with E-state index in [1.54, 1.807) is 0 Å². The van der Waals surface area contributed by atoms with Crippen molar-refractivity contribution in [2.24, 2.45) is 0 Å². The molecule has 0 aliphatic heterocycles. The molecule has 0 saturated heterocycles. The standard InChI is InChI=1S/C18H36Br2/c1-3-5-7-9-11-13-15-17(19)18(20)16-14-12-10-8-6-4-2/h17-18H,3-16H2,1-2H3/t17-,18-/m0/s1. The summed E-state index contributed by atoms with van der Waals surface area (Å²) in [6.07, 6.45) is 19.5. The summed E-state index contributed by atoms with van der Waals surface area (Å²) >= 11 is 7.75. The van der Waals surface area contributed by atoms with Crippen LogP contribution in [0.5, 0.6) is 0 Å². The highest BCUT2D eigenvalue weighted by atomic mass is 79.9. The Hall–Kier alpha value is 0.960. The van der Waals surface area contributed by atoms with Crippen LogP contribution in [0, 0.1) is 0 Å². The molecule has 0 aliphatic carbocycles. The minimum atomic E-state index is 0.671. The topological polar surface area (TPSA) is 0 Å². The molecule has 0 aromatic rings. The fourth-order valence-electron chi connectivity index (χ4n) is 2.60. The first-order valence-corrected chi connectivity index (χ1v) is 10.8. The largest absolute Gasteiger partial charge is 0.0879 e. The molecule has 0 heterocycles. The Morgan fingerprint density at radius 1 is 0.500 bits per heavy atom. The van der Waals surface area contributed by atoms with Gasteiger partial charge in [0.15, 0.2) is 0 Å². The molecule has 0 unspecified atom stereocenters. The predicted octanol–water partition coefficient (Wildman–Crippen LogP) is 8.01. The molecule has 0 saturated carbocycles. The Balaban J connectivity index is 3.35. The van der Waals surface area contributed by atoms with Gasteiger partial charge in [-0.05, 0) is 12.8 Å². The smallest absolute Gasteiger partial charge is 0.0271 e. The molecule has 0 amide bonds. The second-order valence-electron chi connectivity index (χ2n) is 6.14. The van der Waals surface area contributed by atoms with Crippen molar-refractivity contribution in [2.75, 3.05) is 0 Å². The maximum absolute atomic E-state index is 3.87. The molecule has 122 valence electrons. The van der Waals surface area contributed by atoms with Gasteiger partial charge in [-0.15, -0.1) is 0 Å². The van der Waals surface area contributed by atoms with Crippen LogP contribution in [-0.2, 0) is 0 Å². The molecule has 0 spiro atoms. The quantitative estimate of drug-likeness (QED) is 0.189. The lowest BCUT2D eigenvalue weighted by molar-refractivity contribution is 0.551. The third-order valence-corrected chi connectivity index (χ3v) is 6.96. The minimum absolute atomic E-state index is 0.671. The monoisotopic (exact) mass is 410 g/mol. The fourth-order valence-corrected chi connectivity index (χ4v) is 3.78. The van der Waals surface area contributed by atoms with Gasteiger partial charge >= 0.3 is 0 Å². The molecular formula is C18H36Br2. The van der Waals surface area contributed by atoms with Crippen LogP contribution in [0.4, 0.5) is 0 Å². The highest BCUT2D eigenvalue weighted by molar-refractivity contribution is 9.12. The second-order valence-corrected chi connectivity index (χ2v) is 8.50. The van der Waals surface area contributed by atoms with Gasteiger partial charge in [0, 0.05) is 9.65 Å². The molecule has 0 aromatic heterocycles. The number of hydrogen-bond acceptors (Lipinski definition) is 0. The van der Waals surface area contributed by atoms with Gasteiger partial charge in [0.1, 0.15) is 0 Å². The first-order chi connectivity index (χ1) is 9.72. The normalized spacial score (nSPS) is 14.4. The number of rotatable bonds is 15. The van der Waals surface area contributed by atoms with Gasteiger partial charge in [-0.25, -0.2) is 0 Å². The van der Waals surface area contributed by atoms with Crippen LogP contribution in [-0.4, -0.2) is 9.65 Å². The van der Waals surface area contributed by atoms with Crippen molar-refractivity contribution >= 4 is 31.9 Å². The molecule has 0 aromatic carbocycles. The fraction of sp³-hybridized carbons (Fsp3) is 1.00. The number of halogens is 2. The zero-order valence-electron chi connectivity index (χ0n) is 13.8. The minimum Gasteiger partial charge on any atom is -0.0879 e. The van der Waals surface area contributed by atoms with Crippen LogP contribution in [0.25, 0.3) is 0 Å². The van der Waals surface area contributed by atoms with Gasteiger partial charge in [-0.1, -0.05) is 123 Å². The molecular weight excluding hydrogens is 376 g/mol. The zero-order chi connectivity index (χ0) is 15.1. The Labute approximate surface area is 145 Å². The van der Waals surface area contributed by atoms with Crippen molar-refractivity contribution in [3.63, 3.8) is 0 Å². The van der Waals surface area contributed by atoms with E-state index in [2.05, 4.69) is 45.7 Å². The van der Waals surface area contributed by atoms with E-state index in [4.69, 9.17) is 0 Å². The van der Waals surface area contributed by atoms with Crippen molar-refractivity contribution in [2.45, 2.75) is 113 Å². The van der Waals surface area contributed by atoms with E-state index >= 15 is 0 Å². The molecule has 0 rings (SSSR count). The molecule has 20 heavy (non-hydrogen) atoms. The van der Waals surface area contributed by atoms with E-state index in [1.165, 1.54) is 89.9 Å². The number of unbranched alkanes of at least 4 members (excludes halogenated alkanes) is 10. The molecule has 0 aliphatic rings. The first kappa shape index (κ1) is 21.0. The summed E-state index contributed by atoms with van der Waals surface area (Å²) in [6, 6.07) is 0. The molecule has 0 nitrogen and oxygen atoms in total. The average molecular weight is 412 g/mol. The van der Waals surface area contributed by atoms with Crippen molar-refractivity contribution in [1.29, 1.82) is 0 Å². The second kappa shape index (κ2) is 16.3.